The van der Waals surface area contributed by atoms with E-state index in [0.29, 0.717) is 10.8 Å². The summed E-state index contributed by atoms with van der Waals surface area (Å²) in [5, 5.41) is 5.22. The molecule has 0 spiro atoms. The van der Waals surface area contributed by atoms with E-state index in [1.165, 1.54) is 22.8 Å². The summed E-state index contributed by atoms with van der Waals surface area (Å²) in [5.74, 6) is 0.0535. The van der Waals surface area contributed by atoms with Crippen LogP contribution in [0.25, 0.3) is 0 Å². The molecule has 3 rings (SSSR count). The van der Waals surface area contributed by atoms with Crippen molar-refractivity contribution in [1.29, 1.82) is 0 Å². The highest BCUT2D eigenvalue weighted by Gasteiger charge is 2.29. The number of hydrogen-bond acceptors (Lipinski definition) is 7. The third-order valence-electron chi connectivity index (χ3n) is 5.08. The van der Waals surface area contributed by atoms with Crippen molar-refractivity contribution in [3.63, 3.8) is 0 Å². The van der Waals surface area contributed by atoms with Gasteiger partial charge in [-0.1, -0.05) is 31.0 Å². The quantitative estimate of drug-likeness (QED) is 0.574. The van der Waals surface area contributed by atoms with E-state index in [2.05, 4.69) is 15.6 Å². The maximum absolute atomic E-state index is 12.8. The van der Waals surface area contributed by atoms with Crippen LogP contribution in [0.4, 0.5) is 4.79 Å². The van der Waals surface area contributed by atoms with Crippen molar-refractivity contribution in [1.82, 2.24) is 19.9 Å². The number of sulfonamides is 1. The molecule has 0 bridgehead atoms. The molecule has 31 heavy (non-hydrogen) atoms. The molecule has 2 aromatic rings. The molecule has 0 unspecified atom stereocenters. The number of carbonyl (C=O) groups excluding carboxylic acids is 2. The summed E-state index contributed by atoms with van der Waals surface area (Å²) < 4.78 is 32.2. The van der Waals surface area contributed by atoms with Gasteiger partial charge in [0, 0.05) is 19.3 Å². The number of thioether (sulfide) groups is 1. The number of carbonyl (C=O) groups is 2. The van der Waals surface area contributed by atoms with Gasteiger partial charge in [-0.05, 0) is 37.1 Å². The minimum absolute atomic E-state index is 0.0235. The van der Waals surface area contributed by atoms with Gasteiger partial charge in [0.2, 0.25) is 15.9 Å². The van der Waals surface area contributed by atoms with Crippen molar-refractivity contribution in [2.24, 2.45) is 0 Å². The summed E-state index contributed by atoms with van der Waals surface area (Å²) in [7, 11) is -1.99. The van der Waals surface area contributed by atoms with Crippen LogP contribution >= 0.6 is 11.8 Å². The SMILES string of the molecule is CN(C1CCCCC1)S(=O)(=O)c1ccc(SCC(=O)NC(=O)NCc2ccco2)nc1. The molecule has 0 radical (unpaired) electrons. The molecule has 1 aliphatic rings. The number of pyridine rings is 1. The predicted octanol–water partition coefficient (Wildman–Crippen LogP) is 2.75. The van der Waals surface area contributed by atoms with Crippen LogP contribution in [0, 0.1) is 0 Å². The van der Waals surface area contributed by atoms with Crippen LogP contribution in [0.5, 0.6) is 0 Å². The normalized spacial score (nSPS) is 15.0. The summed E-state index contributed by atoms with van der Waals surface area (Å²) in [4.78, 5) is 27.9. The zero-order valence-electron chi connectivity index (χ0n) is 17.2. The first kappa shape index (κ1) is 23.3. The second-order valence-corrected chi connectivity index (χ2v) is 10.2. The molecule has 1 aliphatic carbocycles. The summed E-state index contributed by atoms with van der Waals surface area (Å²) in [6.07, 6.45) is 7.79. The fourth-order valence-electron chi connectivity index (χ4n) is 3.34. The monoisotopic (exact) mass is 466 g/mol. The van der Waals surface area contributed by atoms with Crippen molar-refractivity contribution in [2.45, 2.75) is 54.6 Å². The van der Waals surface area contributed by atoms with Gasteiger partial charge in [0.1, 0.15) is 10.7 Å². The lowest BCUT2D eigenvalue weighted by molar-refractivity contribution is -0.117. The number of urea groups is 1. The molecule has 0 saturated heterocycles. The van der Waals surface area contributed by atoms with E-state index in [1.807, 2.05) is 0 Å². The highest BCUT2D eigenvalue weighted by Crippen LogP contribution is 2.26. The molecule has 3 amide bonds. The average molecular weight is 467 g/mol. The molecule has 2 N–H and O–H groups in total. The third-order valence-corrected chi connectivity index (χ3v) is 7.92. The molecule has 168 valence electrons. The Morgan fingerprint density at radius 1 is 1.23 bits per heavy atom. The number of imide groups is 1. The Morgan fingerprint density at radius 3 is 2.65 bits per heavy atom. The third kappa shape index (κ3) is 6.55. The van der Waals surface area contributed by atoms with Crippen molar-refractivity contribution in [2.75, 3.05) is 12.8 Å². The van der Waals surface area contributed by atoms with Gasteiger partial charge in [0.15, 0.2) is 0 Å². The minimum Gasteiger partial charge on any atom is -0.467 e. The van der Waals surface area contributed by atoms with Crippen molar-refractivity contribution in [3.8, 4) is 0 Å². The lowest BCUT2D eigenvalue weighted by Gasteiger charge is -2.30. The average Bonchev–Trinajstić information content (AvgIpc) is 3.30. The molecule has 1 fully saturated rings. The summed E-state index contributed by atoms with van der Waals surface area (Å²) in [6.45, 7) is 0.173. The first-order chi connectivity index (χ1) is 14.9. The lowest BCUT2D eigenvalue weighted by atomic mass is 9.96. The molecule has 2 heterocycles. The van der Waals surface area contributed by atoms with Gasteiger partial charge in [-0.25, -0.2) is 18.2 Å². The number of nitrogens with zero attached hydrogens (tertiary/aromatic N) is 2. The van der Waals surface area contributed by atoms with Gasteiger partial charge in [0.25, 0.3) is 0 Å². The van der Waals surface area contributed by atoms with E-state index in [0.717, 1.165) is 43.9 Å². The zero-order chi connectivity index (χ0) is 22.3. The molecule has 0 atom stereocenters. The number of aromatic nitrogens is 1. The van der Waals surface area contributed by atoms with Gasteiger partial charge < -0.3 is 9.73 Å². The maximum Gasteiger partial charge on any atom is 0.321 e. The van der Waals surface area contributed by atoms with Crippen LogP contribution < -0.4 is 10.6 Å². The Morgan fingerprint density at radius 2 is 2.00 bits per heavy atom. The Kier molecular flexibility index (Phi) is 8.10. The first-order valence-corrected chi connectivity index (χ1v) is 12.5. The summed E-state index contributed by atoms with van der Waals surface area (Å²) >= 11 is 1.11. The minimum atomic E-state index is -3.61. The summed E-state index contributed by atoms with van der Waals surface area (Å²) in [6, 6.07) is 5.88. The second-order valence-electron chi connectivity index (χ2n) is 7.24. The number of furan rings is 1. The topological polar surface area (TPSA) is 122 Å². The predicted molar refractivity (Wildman–Crippen MR) is 116 cm³/mol. The van der Waals surface area contributed by atoms with E-state index in [4.69, 9.17) is 4.42 Å². The Hall–Kier alpha value is -2.37. The van der Waals surface area contributed by atoms with Crippen LogP contribution in [0.15, 0.2) is 51.1 Å². The molecular formula is C20H26N4O5S2. The molecule has 2 aromatic heterocycles. The van der Waals surface area contributed by atoms with Crippen LogP contribution in [-0.4, -0.2) is 48.5 Å². The first-order valence-electron chi connectivity index (χ1n) is 10.0. The smallest absolute Gasteiger partial charge is 0.321 e. The van der Waals surface area contributed by atoms with Crippen molar-refractivity contribution in [3.05, 3.63) is 42.5 Å². The van der Waals surface area contributed by atoms with Crippen LogP contribution in [-0.2, 0) is 21.4 Å². The fraction of sp³-hybridized carbons (Fsp3) is 0.450. The van der Waals surface area contributed by atoms with Gasteiger partial charge in [0.05, 0.1) is 23.6 Å². The zero-order valence-corrected chi connectivity index (χ0v) is 18.9. The standard InChI is InChI=1S/C20H26N4O5S2/c1-24(15-6-3-2-4-7-15)31(27,28)17-9-10-19(21-13-17)30-14-18(25)23-20(26)22-12-16-8-5-11-29-16/h5,8-11,13,15H,2-4,6-7,12,14H2,1H3,(H2,22,23,25,26). The molecule has 11 heteroatoms. The molecular weight excluding hydrogens is 440 g/mol. The van der Waals surface area contributed by atoms with Crippen molar-refractivity contribution < 1.29 is 22.4 Å². The van der Waals surface area contributed by atoms with E-state index >= 15 is 0 Å². The number of hydrogen-bond donors (Lipinski definition) is 2. The lowest BCUT2D eigenvalue weighted by Crippen LogP contribution is -2.39. The Labute approximate surface area is 186 Å². The highest BCUT2D eigenvalue weighted by atomic mass is 32.2. The fourth-order valence-corrected chi connectivity index (χ4v) is 5.34. The molecule has 0 aromatic carbocycles. The molecule has 9 nitrogen and oxygen atoms in total. The molecule has 1 saturated carbocycles. The molecule has 0 aliphatic heterocycles. The Bertz CT molecular complexity index is 972. The van der Waals surface area contributed by atoms with E-state index in [-0.39, 0.29) is 23.2 Å². The number of amides is 3. The largest absolute Gasteiger partial charge is 0.467 e. The van der Waals surface area contributed by atoms with Crippen LogP contribution in [0.3, 0.4) is 0 Å². The van der Waals surface area contributed by atoms with Crippen molar-refractivity contribution >= 4 is 33.7 Å². The maximum atomic E-state index is 12.8. The van der Waals surface area contributed by atoms with Gasteiger partial charge in [-0.3, -0.25) is 10.1 Å². The van der Waals surface area contributed by atoms with E-state index in [9.17, 15) is 18.0 Å². The van der Waals surface area contributed by atoms with Gasteiger partial charge >= 0.3 is 6.03 Å². The Balaban J connectivity index is 1.47. The number of nitrogens with one attached hydrogen (secondary N) is 2. The van der Waals surface area contributed by atoms with Crippen LogP contribution in [0.1, 0.15) is 37.9 Å². The van der Waals surface area contributed by atoms with Gasteiger partial charge in [-0.15, -0.1) is 0 Å². The van der Waals surface area contributed by atoms with Crippen LogP contribution in [0.2, 0.25) is 0 Å². The number of rotatable bonds is 8. The summed E-state index contributed by atoms with van der Waals surface area (Å²) in [5.41, 5.74) is 0. The highest BCUT2D eigenvalue weighted by molar-refractivity contribution is 7.99. The van der Waals surface area contributed by atoms with E-state index < -0.39 is 22.0 Å². The van der Waals surface area contributed by atoms with E-state index in [1.54, 1.807) is 25.2 Å². The van der Waals surface area contributed by atoms with Gasteiger partial charge in [-0.2, -0.15) is 4.31 Å². The second kappa shape index (κ2) is 10.8.